The highest BCUT2D eigenvalue weighted by atomic mass is 16.5. The largest absolute Gasteiger partial charge is 0.481 e. The van der Waals surface area contributed by atoms with E-state index in [9.17, 15) is 9.59 Å². The second-order valence-corrected chi connectivity index (χ2v) is 4.97. The molecule has 0 radical (unpaired) electrons. The second-order valence-electron chi connectivity index (χ2n) is 4.97. The first kappa shape index (κ1) is 15.7. The summed E-state index contributed by atoms with van der Waals surface area (Å²) in [5.41, 5.74) is -0.389. The lowest BCUT2D eigenvalue weighted by molar-refractivity contribution is -0.139. The van der Waals surface area contributed by atoms with Gasteiger partial charge in [-0.25, -0.2) is 4.79 Å². The lowest BCUT2D eigenvalue weighted by atomic mass is 9.95. The van der Waals surface area contributed by atoms with Gasteiger partial charge in [-0.15, -0.1) is 0 Å². The van der Waals surface area contributed by atoms with Gasteiger partial charge in [-0.3, -0.25) is 4.79 Å². The third-order valence-electron chi connectivity index (χ3n) is 3.51. The maximum atomic E-state index is 11.8. The monoisotopic (exact) mass is 274 g/mol. The first-order chi connectivity index (χ1) is 8.87. The van der Waals surface area contributed by atoms with E-state index in [0.29, 0.717) is 6.61 Å². The van der Waals surface area contributed by atoms with Crippen LogP contribution in [-0.4, -0.2) is 55.1 Å². The van der Waals surface area contributed by atoms with Crippen LogP contribution < -0.4 is 10.6 Å². The predicted octanol–water partition coefficient (Wildman–Crippen LogP) is 0.343. The Labute approximate surface area is 112 Å². The van der Waals surface area contributed by atoms with Crippen molar-refractivity contribution < 1.29 is 24.2 Å². The van der Waals surface area contributed by atoms with Crippen LogP contribution in [0.3, 0.4) is 0 Å². The topological polar surface area (TPSA) is 96.9 Å². The van der Waals surface area contributed by atoms with Gasteiger partial charge in [0.25, 0.3) is 0 Å². The standard InChI is InChI=1S/C12H22N2O5/c1-8-12(2,4-5-19-8)14-11(17)13-7-9(18-3)6-10(15)16/h8-9H,4-7H2,1-3H3,(H,15,16)(H2,13,14,17). The molecule has 0 aliphatic carbocycles. The van der Waals surface area contributed by atoms with Crippen LogP contribution in [0.2, 0.25) is 0 Å². The van der Waals surface area contributed by atoms with Gasteiger partial charge in [-0.05, 0) is 20.3 Å². The van der Waals surface area contributed by atoms with Crippen LogP contribution in [-0.2, 0) is 14.3 Å². The number of carbonyl (C=O) groups excluding carboxylic acids is 1. The van der Waals surface area contributed by atoms with E-state index in [-0.39, 0.29) is 30.6 Å². The Morgan fingerprint density at radius 2 is 2.26 bits per heavy atom. The number of urea groups is 1. The summed E-state index contributed by atoms with van der Waals surface area (Å²) < 4.78 is 10.4. The van der Waals surface area contributed by atoms with Crippen molar-refractivity contribution in [3.05, 3.63) is 0 Å². The maximum absolute atomic E-state index is 11.8. The summed E-state index contributed by atoms with van der Waals surface area (Å²) in [6.45, 7) is 4.61. The molecule has 0 aromatic carbocycles. The van der Waals surface area contributed by atoms with Crippen molar-refractivity contribution in [1.29, 1.82) is 0 Å². The van der Waals surface area contributed by atoms with Crippen molar-refractivity contribution in [2.75, 3.05) is 20.3 Å². The lowest BCUT2D eigenvalue weighted by Crippen LogP contribution is -2.54. The molecule has 0 aromatic heterocycles. The fourth-order valence-electron chi connectivity index (χ4n) is 1.94. The van der Waals surface area contributed by atoms with E-state index in [2.05, 4.69) is 10.6 Å². The van der Waals surface area contributed by atoms with Gasteiger partial charge in [0.1, 0.15) is 0 Å². The molecule has 1 aliphatic rings. The second kappa shape index (κ2) is 6.72. The van der Waals surface area contributed by atoms with Gasteiger partial charge in [0.05, 0.1) is 24.2 Å². The van der Waals surface area contributed by atoms with Crippen LogP contribution in [0.25, 0.3) is 0 Å². The van der Waals surface area contributed by atoms with Gasteiger partial charge in [0.2, 0.25) is 0 Å². The predicted molar refractivity (Wildman–Crippen MR) is 68.0 cm³/mol. The van der Waals surface area contributed by atoms with Crippen LogP contribution in [0.1, 0.15) is 26.7 Å². The molecule has 3 N–H and O–H groups in total. The van der Waals surface area contributed by atoms with Crippen LogP contribution in [0.4, 0.5) is 4.79 Å². The number of carbonyl (C=O) groups is 2. The number of methoxy groups -OCH3 is 1. The number of aliphatic carboxylic acids is 1. The SMILES string of the molecule is COC(CNC(=O)NC1(C)CCOC1C)CC(=O)O. The molecule has 1 fully saturated rings. The van der Waals surface area contributed by atoms with E-state index in [0.717, 1.165) is 6.42 Å². The summed E-state index contributed by atoms with van der Waals surface area (Å²) in [7, 11) is 1.42. The van der Waals surface area contributed by atoms with E-state index in [1.807, 2.05) is 13.8 Å². The molecule has 110 valence electrons. The molecule has 1 rings (SSSR count). The Morgan fingerprint density at radius 1 is 1.58 bits per heavy atom. The number of nitrogens with one attached hydrogen (secondary N) is 2. The average molecular weight is 274 g/mol. The van der Waals surface area contributed by atoms with Crippen molar-refractivity contribution in [1.82, 2.24) is 10.6 Å². The molecule has 7 nitrogen and oxygen atoms in total. The molecule has 0 saturated carbocycles. The summed E-state index contributed by atoms with van der Waals surface area (Å²) in [5, 5.41) is 14.1. The number of ether oxygens (including phenoxy) is 2. The average Bonchev–Trinajstić information content (AvgIpc) is 2.64. The van der Waals surface area contributed by atoms with Crippen molar-refractivity contribution in [3.63, 3.8) is 0 Å². The molecule has 1 saturated heterocycles. The number of amides is 2. The molecule has 1 heterocycles. The van der Waals surface area contributed by atoms with Gasteiger partial charge in [-0.2, -0.15) is 0 Å². The van der Waals surface area contributed by atoms with Crippen LogP contribution in [0.5, 0.6) is 0 Å². The highest BCUT2D eigenvalue weighted by Gasteiger charge is 2.38. The summed E-state index contributed by atoms with van der Waals surface area (Å²) in [4.78, 5) is 22.3. The number of carboxylic acid groups (broad SMARTS) is 1. The number of carboxylic acids is 1. The van der Waals surface area contributed by atoms with Crippen molar-refractivity contribution in [3.8, 4) is 0 Å². The highest BCUT2D eigenvalue weighted by Crippen LogP contribution is 2.24. The van der Waals surface area contributed by atoms with E-state index >= 15 is 0 Å². The molecule has 1 aliphatic heterocycles. The van der Waals surface area contributed by atoms with Crippen molar-refractivity contribution >= 4 is 12.0 Å². The summed E-state index contributed by atoms with van der Waals surface area (Å²) >= 11 is 0. The number of rotatable bonds is 6. The Kier molecular flexibility index (Phi) is 5.56. The van der Waals surface area contributed by atoms with Crippen LogP contribution in [0.15, 0.2) is 0 Å². The van der Waals surface area contributed by atoms with E-state index in [1.165, 1.54) is 7.11 Å². The quantitative estimate of drug-likeness (QED) is 0.649. The van der Waals surface area contributed by atoms with Crippen molar-refractivity contribution in [2.24, 2.45) is 0 Å². The smallest absolute Gasteiger partial charge is 0.315 e. The molecule has 7 heteroatoms. The van der Waals surface area contributed by atoms with Crippen LogP contribution >= 0.6 is 0 Å². The first-order valence-corrected chi connectivity index (χ1v) is 6.29. The summed E-state index contributed by atoms with van der Waals surface area (Å²) in [5.74, 6) is -0.959. The van der Waals surface area contributed by atoms with Gasteiger partial charge in [0.15, 0.2) is 0 Å². The molecular formula is C12H22N2O5. The maximum Gasteiger partial charge on any atom is 0.315 e. The minimum absolute atomic E-state index is 0.0458. The fraction of sp³-hybridized carbons (Fsp3) is 0.833. The molecule has 19 heavy (non-hydrogen) atoms. The minimum Gasteiger partial charge on any atom is -0.481 e. The zero-order chi connectivity index (χ0) is 14.5. The number of hydrogen-bond acceptors (Lipinski definition) is 4. The summed E-state index contributed by atoms with van der Waals surface area (Å²) in [6, 6.07) is -0.340. The third kappa shape index (κ3) is 4.68. The van der Waals surface area contributed by atoms with Crippen LogP contribution in [0, 0.1) is 0 Å². The Balaban J connectivity index is 2.36. The van der Waals surface area contributed by atoms with E-state index in [1.54, 1.807) is 0 Å². The van der Waals surface area contributed by atoms with Crippen molar-refractivity contribution in [2.45, 2.75) is 44.4 Å². The molecular weight excluding hydrogens is 252 g/mol. The van der Waals surface area contributed by atoms with E-state index in [4.69, 9.17) is 14.6 Å². The molecule has 0 spiro atoms. The molecule has 3 unspecified atom stereocenters. The summed E-state index contributed by atoms with van der Waals surface area (Å²) in [6.07, 6.45) is 0.0293. The number of hydrogen-bond donors (Lipinski definition) is 3. The zero-order valence-corrected chi connectivity index (χ0v) is 11.6. The highest BCUT2D eigenvalue weighted by molar-refractivity contribution is 5.75. The Morgan fingerprint density at radius 3 is 2.74 bits per heavy atom. The zero-order valence-electron chi connectivity index (χ0n) is 11.6. The Hall–Kier alpha value is -1.34. The first-order valence-electron chi connectivity index (χ1n) is 6.29. The minimum atomic E-state index is -0.959. The molecule has 0 bridgehead atoms. The Bertz CT molecular complexity index is 336. The molecule has 0 aromatic rings. The normalized spacial score (nSPS) is 27.8. The fourth-order valence-corrected chi connectivity index (χ4v) is 1.94. The third-order valence-corrected chi connectivity index (χ3v) is 3.51. The van der Waals surface area contributed by atoms with Gasteiger partial charge in [0, 0.05) is 20.3 Å². The van der Waals surface area contributed by atoms with Gasteiger partial charge < -0.3 is 25.2 Å². The molecule has 3 atom stereocenters. The molecule has 2 amide bonds. The van der Waals surface area contributed by atoms with Gasteiger partial charge in [-0.1, -0.05) is 0 Å². The van der Waals surface area contributed by atoms with E-state index < -0.39 is 12.1 Å². The lowest BCUT2D eigenvalue weighted by Gasteiger charge is -2.29. The van der Waals surface area contributed by atoms with Gasteiger partial charge >= 0.3 is 12.0 Å².